The van der Waals surface area contributed by atoms with E-state index in [1.165, 1.54) is 64.2 Å². The number of aliphatic hydroxyl groups is 1. The van der Waals surface area contributed by atoms with Crippen molar-refractivity contribution in [2.75, 3.05) is 0 Å². The number of hydrogen-bond acceptors (Lipinski definition) is 1. The van der Waals surface area contributed by atoms with Crippen molar-refractivity contribution in [2.24, 2.45) is 0 Å². The fraction of sp³-hybridized carbons (Fsp3) is 0.700. The molecule has 0 saturated carbocycles. The Labute approximate surface area is 131 Å². The molecule has 120 valence electrons. The summed E-state index contributed by atoms with van der Waals surface area (Å²) in [5.41, 5.74) is 1.06. The van der Waals surface area contributed by atoms with Crippen molar-refractivity contribution in [1.82, 2.24) is 0 Å². The lowest BCUT2D eigenvalue weighted by molar-refractivity contribution is 0.163. The molecular formula is C20H34O. The van der Waals surface area contributed by atoms with E-state index in [2.05, 4.69) is 6.92 Å². The topological polar surface area (TPSA) is 20.2 Å². The summed E-state index contributed by atoms with van der Waals surface area (Å²) in [5, 5.41) is 10.1. The highest BCUT2D eigenvalue weighted by atomic mass is 16.3. The number of unbranched alkanes of at least 4 members (excludes halogenated alkanes) is 10. The van der Waals surface area contributed by atoms with Crippen LogP contribution in [0.3, 0.4) is 0 Å². The first-order valence-corrected chi connectivity index (χ1v) is 9.07. The van der Waals surface area contributed by atoms with Gasteiger partial charge in [-0.15, -0.1) is 0 Å². The molecule has 1 rings (SSSR count). The maximum atomic E-state index is 10.1. The zero-order valence-electron chi connectivity index (χ0n) is 13.9. The van der Waals surface area contributed by atoms with Crippen LogP contribution in [0.15, 0.2) is 30.3 Å². The van der Waals surface area contributed by atoms with E-state index >= 15 is 0 Å². The van der Waals surface area contributed by atoms with Gasteiger partial charge in [0.1, 0.15) is 0 Å². The Kier molecular flexibility index (Phi) is 11.2. The van der Waals surface area contributed by atoms with Gasteiger partial charge < -0.3 is 5.11 Å². The monoisotopic (exact) mass is 290 g/mol. The zero-order chi connectivity index (χ0) is 15.2. The van der Waals surface area contributed by atoms with E-state index in [4.69, 9.17) is 0 Å². The third-order valence-corrected chi connectivity index (χ3v) is 4.27. The van der Waals surface area contributed by atoms with Crippen LogP contribution in [0.2, 0.25) is 0 Å². The SMILES string of the molecule is CCCCCCCCCCCCCC(O)c1ccccc1. The van der Waals surface area contributed by atoms with Crippen molar-refractivity contribution in [3.63, 3.8) is 0 Å². The second kappa shape index (κ2) is 12.9. The molecule has 0 amide bonds. The smallest absolute Gasteiger partial charge is 0.0790 e. The van der Waals surface area contributed by atoms with Crippen LogP contribution in [0, 0.1) is 0 Å². The maximum absolute atomic E-state index is 10.1. The van der Waals surface area contributed by atoms with Crippen molar-refractivity contribution in [1.29, 1.82) is 0 Å². The summed E-state index contributed by atoms with van der Waals surface area (Å²) in [5.74, 6) is 0. The van der Waals surface area contributed by atoms with Crippen LogP contribution in [0.4, 0.5) is 0 Å². The number of rotatable bonds is 13. The molecule has 1 aromatic carbocycles. The first-order valence-electron chi connectivity index (χ1n) is 9.07. The molecule has 0 aliphatic rings. The second-order valence-corrected chi connectivity index (χ2v) is 6.25. The molecule has 0 saturated heterocycles. The number of aliphatic hydroxyl groups excluding tert-OH is 1. The average molecular weight is 290 g/mol. The molecule has 21 heavy (non-hydrogen) atoms. The van der Waals surface area contributed by atoms with E-state index in [9.17, 15) is 5.11 Å². The molecule has 0 spiro atoms. The largest absolute Gasteiger partial charge is 0.388 e. The molecule has 0 heterocycles. The molecule has 1 N–H and O–H groups in total. The van der Waals surface area contributed by atoms with Crippen LogP contribution >= 0.6 is 0 Å². The zero-order valence-corrected chi connectivity index (χ0v) is 13.9. The van der Waals surface area contributed by atoms with Crippen LogP contribution in [0.25, 0.3) is 0 Å². The predicted molar refractivity (Wildman–Crippen MR) is 92.5 cm³/mol. The summed E-state index contributed by atoms with van der Waals surface area (Å²) >= 11 is 0. The minimum Gasteiger partial charge on any atom is -0.388 e. The Balaban J connectivity index is 1.86. The quantitative estimate of drug-likeness (QED) is 0.415. The van der Waals surface area contributed by atoms with E-state index in [1.54, 1.807) is 0 Å². The molecule has 0 aliphatic heterocycles. The summed E-state index contributed by atoms with van der Waals surface area (Å²) in [6, 6.07) is 10.0. The lowest BCUT2D eigenvalue weighted by Crippen LogP contribution is -1.96. The highest BCUT2D eigenvalue weighted by Crippen LogP contribution is 2.20. The van der Waals surface area contributed by atoms with E-state index in [0.717, 1.165) is 18.4 Å². The van der Waals surface area contributed by atoms with E-state index in [0.29, 0.717) is 0 Å². The van der Waals surface area contributed by atoms with Gasteiger partial charge in [-0.3, -0.25) is 0 Å². The molecule has 0 aliphatic carbocycles. The normalized spacial score (nSPS) is 12.5. The predicted octanol–water partition coefficient (Wildman–Crippen LogP) is 6.42. The van der Waals surface area contributed by atoms with Gasteiger partial charge in [0, 0.05) is 0 Å². The molecule has 0 radical (unpaired) electrons. The van der Waals surface area contributed by atoms with Gasteiger partial charge in [-0.1, -0.05) is 108 Å². The lowest BCUT2D eigenvalue weighted by atomic mass is 10.0. The van der Waals surface area contributed by atoms with Crippen LogP contribution in [0.1, 0.15) is 95.6 Å². The Morgan fingerprint density at radius 2 is 1.19 bits per heavy atom. The minimum atomic E-state index is -0.273. The number of hydrogen-bond donors (Lipinski definition) is 1. The minimum absolute atomic E-state index is 0.273. The van der Waals surface area contributed by atoms with Gasteiger partial charge in [0.25, 0.3) is 0 Å². The third kappa shape index (κ3) is 9.68. The first-order chi connectivity index (χ1) is 10.3. The highest BCUT2D eigenvalue weighted by molar-refractivity contribution is 5.16. The van der Waals surface area contributed by atoms with Gasteiger partial charge in [0.15, 0.2) is 0 Å². The van der Waals surface area contributed by atoms with E-state index < -0.39 is 0 Å². The van der Waals surface area contributed by atoms with Crippen LogP contribution < -0.4 is 0 Å². The highest BCUT2D eigenvalue weighted by Gasteiger charge is 2.05. The standard InChI is InChI=1S/C20H34O/c1-2-3-4-5-6-7-8-9-10-11-15-18-20(21)19-16-13-12-14-17-19/h12-14,16-17,20-21H,2-11,15,18H2,1H3. The molecule has 0 fully saturated rings. The van der Waals surface area contributed by atoms with Gasteiger partial charge in [0.05, 0.1) is 6.10 Å². The molecule has 1 aromatic rings. The summed E-state index contributed by atoms with van der Waals surface area (Å²) in [6.45, 7) is 2.27. The molecule has 1 unspecified atom stereocenters. The summed E-state index contributed by atoms with van der Waals surface area (Å²) in [4.78, 5) is 0. The van der Waals surface area contributed by atoms with E-state index in [-0.39, 0.29) is 6.10 Å². The van der Waals surface area contributed by atoms with Crippen LogP contribution in [0.5, 0.6) is 0 Å². The Morgan fingerprint density at radius 1 is 0.714 bits per heavy atom. The lowest BCUT2D eigenvalue weighted by Gasteiger charge is -2.10. The van der Waals surface area contributed by atoms with Crippen molar-refractivity contribution < 1.29 is 5.11 Å². The molecule has 0 aromatic heterocycles. The van der Waals surface area contributed by atoms with Crippen LogP contribution in [-0.2, 0) is 0 Å². The first kappa shape index (κ1) is 18.2. The fourth-order valence-corrected chi connectivity index (χ4v) is 2.84. The summed E-state index contributed by atoms with van der Waals surface area (Å²) in [7, 11) is 0. The second-order valence-electron chi connectivity index (χ2n) is 6.25. The molecule has 0 bridgehead atoms. The van der Waals surface area contributed by atoms with Crippen molar-refractivity contribution >= 4 is 0 Å². The number of benzene rings is 1. The van der Waals surface area contributed by atoms with Crippen molar-refractivity contribution in [3.8, 4) is 0 Å². The Hall–Kier alpha value is -0.820. The van der Waals surface area contributed by atoms with Gasteiger partial charge in [-0.2, -0.15) is 0 Å². The molecular weight excluding hydrogens is 256 g/mol. The van der Waals surface area contributed by atoms with Crippen LogP contribution in [-0.4, -0.2) is 5.11 Å². The fourth-order valence-electron chi connectivity index (χ4n) is 2.84. The average Bonchev–Trinajstić information content (AvgIpc) is 2.53. The van der Waals surface area contributed by atoms with Gasteiger partial charge >= 0.3 is 0 Å². The van der Waals surface area contributed by atoms with Crippen molar-refractivity contribution in [2.45, 2.75) is 90.1 Å². The van der Waals surface area contributed by atoms with Gasteiger partial charge in [0.2, 0.25) is 0 Å². The van der Waals surface area contributed by atoms with Gasteiger partial charge in [-0.05, 0) is 12.0 Å². The summed E-state index contributed by atoms with van der Waals surface area (Å²) in [6.07, 6.45) is 15.6. The third-order valence-electron chi connectivity index (χ3n) is 4.27. The molecule has 1 heteroatoms. The van der Waals surface area contributed by atoms with Gasteiger partial charge in [-0.25, -0.2) is 0 Å². The summed E-state index contributed by atoms with van der Waals surface area (Å²) < 4.78 is 0. The molecule has 1 nitrogen and oxygen atoms in total. The van der Waals surface area contributed by atoms with E-state index in [1.807, 2.05) is 30.3 Å². The molecule has 1 atom stereocenters. The van der Waals surface area contributed by atoms with Crippen molar-refractivity contribution in [3.05, 3.63) is 35.9 Å². The maximum Gasteiger partial charge on any atom is 0.0790 e. The Morgan fingerprint density at radius 3 is 1.71 bits per heavy atom. The Bertz CT molecular complexity index is 320.